The SMILES string of the molecule is Cc1cc(C)c(S(=O)(=O)NCc2ccc(C(=O)NCCc3ccccc3)cc2)c(C)c1. The van der Waals surface area contributed by atoms with Crippen molar-refractivity contribution in [3.63, 3.8) is 0 Å². The fraction of sp³-hybridized carbons (Fsp3) is 0.240. The van der Waals surface area contributed by atoms with Gasteiger partial charge in [-0.05, 0) is 61.6 Å². The van der Waals surface area contributed by atoms with E-state index in [0.29, 0.717) is 17.0 Å². The van der Waals surface area contributed by atoms with Gasteiger partial charge in [-0.1, -0.05) is 60.2 Å². The van der Waals surface area contributed by atoms with Crippen LogP contribution >= 0.6 is 0 Å². The lowest BCUT2D eigenvalue weighted by Crippen LogP contribution is -2.26. The molecule has 3 rings (SSSR count). The molecule has 0 heterocycles. The minimum atomic E-state index is -3.63. The molecule has 1 amide bonds. The van der Waals surface area contributed by atoms with E-state index in [4.69, 9.17) is 0 Å². The van der Waals surface area contributed by atoms with Gasteiger partial charge in [-0.15, -0.1) is 0 Å². The Labute approximate surface area is 184 Å². The molecule has 0 aliphatic carbocycles. The third kappa shape index (κ3) is 6.03. The summed E-state index contributed by atoms with van der Waals surface area (Å²) in [7, 11) is -3.63. The Hall–Kier alpha value is -2.96. The Morgan fingerprint density at radius 1 is 0.839 bits per heavy atom. The lowest BCUT2D eigenvalue weighted by molar-refractivity contribution is 0.0954. The number of hydrogen-bond donors (Lipinski definition) is 2. The molecule has 31 heavy (non-hydrogen) atoms. The highest BCUT2D eigenvalue weighted by Crippen LogP contribution is 2.21. The maximum absolute atomic E-state index is 12.8. The molecule has 0 fully saturated rings. The molecule has 0 aromatic heterocycles. The van der Waals surface area contributed by atoms with Gasteiger partial charge in [0.1, 0.15) is 0 Å². The molecule has 0 atom stereocenters. The van der Waals surface area contributed by atoms with Crippen LogP contribution in [-0.2, 0) is 23.0 Å². The maximum atomic E-state index is 12.8. The van der Waals surface area contributed by atoms with Gasteiger partial charge in [0.05, 0.1) is 4.90 Å². The largest absolute Gasteiger partial charge is 0.352 e. The van der Waals surface area contributed by atoms with E-state index in [2.05, 4.69) is 10.0 Å². The minimum Gasteiger partial charge on any atom is -0.352 e. The summed E-state index contributed by atoms with van der Waals surface area (Å²) in [6, 6.07) is 20.7. The van der Waals surface area contributed by atoms with E-state index in [1.54, 1.807) is 38.1 Å². The molecule has 2 N–H and O–H groups in total. The number of rotatable bonds is 8. The van der Waals surface area contributed by atoms with Gasteiger partial charge in [0, 0.05) is 18.7 Å². The zero-order valence-electron chi connectivity index (χ0n) is 18.1. The smallest absolute Gasteiger partial charge is 0.251 e. The van der Waals surface area contributed by atoms with Crippen molar-refractivity contribution >= 4 is 15.9 Å². The monoisotopic (exact) mass is 436 g/mol. The van der Waals surface area contributed by atoms with Crippen molar-refractivity contribution in [1.29, 1.82) is 0 Å². The van der Waals surface area contributed by atoms with Crippen LogP contribution in [0.5, 0.6) is 0 Å². The fourth-order valence-corrected chi connectivity index (χ4v) is 5.15. The predicted molar refractivity (Wildman–Crippen MR) is 124 cm³/mol. The van der Waals surface area contributed by atoms with Crippen LogP contribution in [0.4, 0.5) is 0 Å². The second-order valence-electron chi connectivity index (χ2n) is 7.74. The van der Waals surface area contributed by atoms with Gasteiger partial charge in [0.25, 0.3) is 5.91 Å². The second-order valence-corrected chi connectivity index (χ2v) is 9.44. The van der Waals surface area contributed by atoms with Crippen LogP contribution in [0.15, 0.2) is 71.6 Å². The van der Waals surface area contributed by atoms with Crippen molar-refractivity contribution in [3.05, 3.63) is 100 Å². The van der Waals surface area contributed by atoms with Gasteiger partial charge in [-0.3, -0.25) is 4.79 Å². The van der Waals surface area contributed by atoms with Crippen molar-refractivity contribution in [3.8, 4) is 0 Å². The molecule has 5 nitrogen and oxygen atoms in total. The third-order valence-corrected chi connectivity index (χ3v) is 6.80. The summed E-state index contributed by atoms with van der Waals surface area (Å²) < 4.78 is 28.3. The molecule has 0 bridgehead atoms. The van der Waals surface area contributed by atoms with E-state index in [1.165, 1.54) is 5.56 Å². The standard InChI is InChI=1S/C25H28N2O3S/c1-18-15-19(2)24(20(3)16-18)31(29,30)27-17-22-9-11-23(12-10-22)25(28)26-14-13-21-7-5-4-6-8-21/h4-12,15-16,27H,13-14,17H2,1-3H3,(H,26,28). The summed E-state index contributed by atoms with van der Waals surface area (Å²) in [6.07, 6.45) is 0.768. The summed E-state index contributed by atoms with van der Waals surface area (Å²) in [4.78, 5) is 12.7. The normalized spacial score (nSPS) is 11.3. The number of sulfonamides is 1. The average molecular weight is 437 g/mol. The molecular weight excluding hydrogens is 408 g/mol. The van der Waals surface area contributed by atoms with Crippen LogP contribution in [0.2, 0.25) is 0 Å². The number of hydrogen-bond acceptors (Lipinski definition) is 3. The first-order chi connectivity index (χ1) is 14.8. The Morgan fingerprint density at radius 3 is 2.06 bits per heavy atom. The van der Waals surface area contributed by atoms with Crippen LogP contribution < -0.4 is 10.0 Å². The minimum absolute atomic E-state index is 0.144. The van der Waals surface area contributed by atoms with E-state index in [-0.39, 0.29) is 12.5 Å². The molecule has 3 aromatic carbocycles. The van der Waals surface area contributed by atoms with E-state index >= 15 is 0 Å². The molecule has 0 saturated heterocycles. The summed E-state index contributed by atoms with van der Waals surface area (Å²) in [5, 5.41) is 2.91. The number of carbonyl (C=O) groups is 1. The number of benzene rings is 3. The molecule has 0 spiro atoms. The molecular formula is C25H28N2O3S. The van der Waals surface area contributed by atoms with Crippen LogP contribution in [0, 0.1) is 20.8 Å². The van der Waals surface area contributed by atoms with Crippen molar-refractivity contribution < 1.29 is 13.2 Å². The van der Waals surface area contributed by atoms with Gasteiger partial charge in [-0.2, -0.15) is 0 Å². The lowest BCUT2D eigenvalue weighted by Gasteiger charge is -2.13. The van der Waals surface area contributed by atoms with Crippen LogP contribution in [0.1, 0.15) is 38.2 Å². The highest BCUT2D eigenvalue weighted by atomic mass is 32.2. The topological polar surface area (TPSA) is 75.3 Å². The average Bonchev–Trinajstić information content (AvgIpc) is 2.72. The van der Waals surface area contributed by atoms with E-state index in [0.717, 1.165) is 28.7 Å². The highest BCUT2D eigenvalue weighted by Gasteiger charge is 2.19. The van der Waals surface area contributed by atoms with E-state index in [9.17, 15) is 13.2 Å². The highest BCUT2D eigenvalue weighted by molar-refractivity contribution is 7.89. The first kappa shape index (κ1) is 22.7. The zero-order valence-corrected chi connectivity index (χ0v) is 18.9. The number of aryl methyl sites for hydroxylation is 3. The Bertz CT molecular complexity index is 1130. The third-order valence-electron chi connectivity index (χ3n) is 5.10. The molecule has 3 aromatic rings. The summed E-state index contributed by atoms with van der Waals surface area (Å²) in [6.45, 7) is 6.27. The fourth-order valence-electron chi connectivity index (χ4n) is 3.68. The summed E-state index contributed by atoms with van der Waals surface area (Å²) >= 11 is 0. The predicted octanol–water partition coefficient (Wildman–Crippen LogP) is 4.06. The Kier molecular flexibility index (Phi) is 7.25. The summed E-state index contributed by atoms with van der Waals surface area (Å²) in [5.41, 5.74) is 4.99. The number of amides is 1. The molecule has 0 unspecified atom stereocenters. The van der Waals surface area contributed by atoms with Crippen LogP contribution in [0.25, 0.3) is 0 Å². The quantitative estimate of drug-likeness (QED) is 0.559. The Morgan fingerprint density at radius 2 is 1.45 bits per heavy atom. The molecule has 0 radical (unpaired) electrons. The molecule has 162 valence electrons. The zero-order chi connectivity index (χ0) is 22.4. The first-order valence-corrected chi connectivity index (χ1v) is 11.7. The number of carbonyl (C=O) groups excluding carboxylic acids is 1. The van der Waals surface area contributed by atoms with Crippen molar-refractivity contribution in [2.24, 2.45) is 0 Å². The van der Waals surface area contributed by atoms with Gasteiger partial charge in [0.15, 0.2) is 0 Å². The molecule has 0 saturated carbocycles. The molecule has 0 aliphatic rings. The van der Waals surface area contributed by atoms with E-state index in [1.807, 2.05) is 49.4 Å². The van der Waals surface area contributed by atoms with Crippen molar-refractivity contribution in [2.75, 3.05) is 6.54 Å². The van der Waals surface area contributed by atoms with Gasteiger partial charge >= 0.3 is 0 Å². The second kappa shape index (κ2) is 9.90. The Balaban J connectivity index is 1.57. The van der Waals surface area contributed by atoms with Gasteiger partial charge < -0.3 is 5.32 Å². The van der Waals surface area contributed by atoms with Gasteiger partial charge in [0.2, 0.25) is 10.0 Å². The van der Waals surface area contributed by atoms with E-state index < -0.39 is 10.0 Å². The molecule has 6 heteroatoms. The van der Waals surface area contributed by atoms with Gasteiger partial charge in [-0.25, -0.2) is 13.1 Å². The van der Waals surface area contributed by atoms with Crippen molar-refractivity contribution in [1.82, 2.24) is 10.0 Å². The van der Waals surface area contributed by atoms with Crippen molar-refractivity contribution in [2.45, 2.75) is 38.6 Å². The summed E-state index contributed by atoms with van der Waals surface area (Å²) in [5.74, 6) is -0.144. The maximum Gasteiger partial charge on any atom is 0.251 e. The van der Waals surface area contributed by atoms with Crippen LogP contribution in [0.3, 0.4) is 0 Å². The number of nitrogens with one attached hydrogen (secondary N) is 2. The van der Waals surface area contributed by atoms with Crippen LogP contribution in [-0.4, -0.2) is 20.9 Å². The first-order valence-electron chi connectivity index (χ1n) is 10.2. The lowest BCUT2D eigenvalue weighted by atomic mass is 10.1. The molecule has 0 aliphatic heterocycles.